The van der Waals surface area contributed by atoms with E-state index in [4.69, 9.17) is 21.1 Å². The summed E-state index contributed by atoms with van der Waals surface area (Å²) in [5, 5.41) is 0.794. The second-order valence-electron chi connectivity index (χ2n) is 9.89. The first-order valence-electron chi connectivity index (χ1n) is 14.5. The van der Waals surface area contributed by atoms with Gasteiger partial charge in [0.1, 0.15) is 0 Å². The first-order chi connectivity index (χ1) is 18.7. The van der Waals surface area contributed by atoms with Gasteiger partial charge in [-0.3, -0.25) is 9.59 Å². The van der Waals surface area contributed by atoms with Gasteiger partial charge in [-0.2, -0.15) is 0 Å². The Labute approximate surface area is 249 Å². The third-order valence-electron chi connectivity index (χ3n) is 6.97. The van der Waals surface area contributed by atoms with Crippen LogP contribution in [0.3, 0.4) is 0 Å². The molecule has 4 nitrogen and oxygen atoms in total. The lowest BCUT2D eigenvalue weighted by molar-refractivity contribution is -0.0178. The van der Waals surface area contributed by atoms with E-state index in [1.807, 2.05) is 90.9 Å². The Balaban J connectivity index is 0.00000108. The van der Waals surface area contributed by atoms with Crippen LogP contribution < -0.4 is 0 Å². The van der Waals surface area contributed by atoms with Crippen molar-refractivity contribution in [1.29, 1.82) is 0 Å². The zero-order valence-electron chi connectivity index (χ0n) is 25.3. The van der Waals surface area contributed by atoms with Gasteiger partial charge in [0.25, 0.3) is 0 Å². The molecule has 0 N–H and O–H groups in total. The van der Waals surface area contributed by atoms with E-state index in [2.05, 4.69) is 0 Å². The van der Waals surface area contributed by atoms with E-state index in [9.17, 15) is 9.59 Å². The average molecular weight is 573 g/mol. The van der Waals surface area contributed by atoms with Gasteiger partial charge in [-0.25, -0.2) is 0 Å². The number of allylic oxidation sites excluding steroid dienone is 1. The van der Waals surface area contributed by atoms with Crippen molar-refractivity contribution in [3.05, 3.63) is 81.9 Å². The molecule has 2 aromatic carbocycles. The minimum Gasteiger partial charge on any atom is -0.379 e. The topological polar surface area (TPSA) is 52.6 Å². The summed E-state index contributed by atoms with van der Waals surface area (Å²) in [6.07, 6.45) is 5.69. The molecular formula is C35H53ClO4. The lowest BCUT2D eigenvalue weighted by atomic mass is 9.73. The molecule has 4 rings (SSSR count). The predicted octanol–water partition coefficient (Wildman–Crippen LogP) is 10.2. The first kappa shape index (κ1) is 37.7. The highest BCUT2D eigenvalue weighted by atomic mass is 35.5. The number of hydrogen-bond donors (Lipinski definition) is 0. The highest BCUT2D eigenvalue weighted by molar-refractivity contribution is 6.30. The van der Waals surface area contributed by atoms with E-state index in [1.54, 1.807) is 19.2 Å². The number of Topliss-reactive ketones (excluding diaryl/α,β-unsaturated/α-hetero) is 2. The number of carbonyl (C=O) groups is 2. The van der Waals surface area contributed by atoms with E-state index >= 15 is 0 Å². The van der Waals surface area contributed by atoms with Crippen molar-refractivity contribution < 1.29 is 19.1 Å². The average Bonchev–Trinajstić information content (AvgIpc) is 2.98. The third-order valence-corrected chi connectivity index (χ3v) is 7.23. The van der Waals surface area contributed by atoms with E-state index in [-0.39, 0.29) is 30.5 Å². The number of rotatable bonds is 7. The number of hydrogen-bond acceptors (Lipinski definition) is 4. The van der Waals surface area contributed by atoms with Crippen molar-refractivity contribution in [3.8, 4) is 0 Å². The van der Waals surface area contributed by atoms with Crippen LogP contribution in [-0.2, 0) is 9.47 Å². The normalized spacial score (nSPS) is 15.6. The van der Waals surface area contributed by atoms with Crippen LogP contribution in [0.5, 0.6) is 0 Å². The molecule has 0 bridgehead atoms. The molecule has 0 heterocycles. The SMILES string of the molecule is C.CC.CC.COC(C)(C)CCOC(C)C1=C(C2CCCCC2)C(=O)c2ccccc2C1=O.Clc1ccccc1. The Kier molecular flexibility index (Phi) is 18.6. The fourth-order valence-corrected chi connectivity index (χ4v) is 4.84. The largest absolute Gasteiger partial charge is 0.379 e. The molecule has 40 heavy (non-hydrogen) atoms. The molecule has 0 spiro atoms. The van der Waals surface area contributed by atoms with Crippen LogP contribution in [-0.4, -0.2) is 37.0 Å². The molecule has 0 amide bonds. The summed E-state index contributed by atoms with van der Waals surface area (Å²) in [5.74, 6) is 0.133. The first-order valence-corrected chi connectivity index (χ1v) is 14.9. The Hall–Kier alpha value is -2.27. The number of halogens is 1. The Bertz CT molecular complexity index is 1040. The molecule has 224 valence electrons. The van der Waals surface area contributed by atoms with Crippen molar-refractivity contribution in [2.75, 3.05) is 13.7 Å². The van der Waals surface area contributed by atoms with Gasteiger partial charge in [0, 0.05) is 34.4 Å². The smallest absolute Gasteiger partial charge is 0.192 e. The standard InChI is InChI=1S/C24H32O4.C6H5Cl.2C2H6.CH4/c1-16(28-15-14-24(2,3)27-4)20-21(17-10-6-5-7-11-17)23(26)19-13-9-8-12-18(19)22(20)25;7-6-4-2-1-3-5-6;2*1-2;/h8-9,12-13,16-17H,5-7,10-11,14-15H2,1-4H3;1-5H;2*1-2H3;1H4. The van der Waals surface area contributed by atoms with Gasteiger partial charge in [0.05, 0.1) is 18.3 Å². The fraction of sp³-hybridized carbons (Fsp3) is 0.543. The van der Waals surface area contributed by atoms with Gasteiger partial charge in [-0.05, 0) is 58.1 Å². The van der Waals surface area contributed by atoms with E-state index in [0.29, 0.717) is 28.9 Å². The highest BCUT2D eigenvalue weighted by Gasteiger charge is 2.38. The minimum atomic E-state index is -0.408. The van der Waals surface area contributed by atoms with Crippen LogP contribution in [0.4, 0.5) is 0 Å². The molecule has 0 aliphatic heterocycles. The zero-order valence-corrected chi connectivity index (χ0v) is 26.1. The van der Waals surface area contributed by atoms with Gasteiger partial charge in [-0.15, -0.1) is 0 Å². The summed E-state index contributed by atoms with van der Waals surface area (Å²) in [4.78, 5) is 26.7. The molecule has 0 radical (unpaired) electrons. The summed E-state index contributed by atoms with van der Waals surface area (Å²) in [6, 6.07) is 16.6. The quantitative estimate of drug-likeness (QED) is 0.331. The molecule has 1 saturated carbocycles. The molecule has 0 aromatic heterocycles. The molecule has 0 saturated heterocycles. The van der Waals surface area contributed by atoms with Gasteiger partial charge in [0.2, 0.25) is 0 Å². The fourth-order valence-electron chi connectivity index (χ4n) is 4.70. The van der Waals surface area contributed by atoms with Crippen molar-refractivity contribution in [2.45, 2.75) is 106 Å². The summed E-state index contributed by atoms with van der Waals surface area (Å²) in [5.41, 5.74) is 2.06. The predicted molar refractivity (Wildman–Crippen MR) is 171 cm³/mol. The van der Waals surface area contributed by atoms with Crippen molar-refractivity contribution in [1.82, 2.24) is 0 Å². The summed E-state index contributed by atoms with van der Waals surface area (Å²) in [6.45, 7) is 14.4. The Morgan fingerprint density at radius 2 is 1.35 bits per heavy atom. The zero-order chi connectivity index (χ0) is 29.4. The monoisotopic (exact) mass is 572 g/mol. The maximum atomic E-state index is 13.4. The van der Waals surface area contributed by atoms with Crippen molar-refractivity contribution >= 4 is 23.2 Å². The van der Waals surface area contributed by atoms with E-state index in [0.717, 1.165) is 37.1 Å². The third kappa shape index (κ3) is 11.0. The van der Waals surface area contributed by atoms with E-state index in [1.165, 1.54) is 6.42 Å². The molecule has 5 heteroatoms. The van der Waals surface area contributed by atoms with Crippen molar-refractivity contribution in [3.63, 3.8) is 0 Å². The molecule has 1 atom stereocenters. The highest BCUT2D eigenvalue weighted by Crippen LogP contribution is 2.39. The maximum absolute atomic E-state index is 13.4. The van der Waals surface area contributed by atoms with Crippen LogP contribution >= 0.6 is 11.6 Å². The number of ether oxygens (including phenoxy) is 2. The molecule has 2 aromatic rings. The molecule has 1 fully saturated rings. The Morgan fingerprint density at radius 1 is 0.850 bits per heavy atom. The molecule has 2 aliphatic carbocycles. The molecule has 1 unspecified atom stereocenters. The number of benzene rings is 2. The van der Waals surface area contributed by atoms with E-state index < -0.39 is 6.10 Å². The van der Waals surface area contributed by atoms with Gasteiger partial charge < -0.3 is 9.47 Å². The lowest BCUT2D eigenvalue weighted by Crippen LogP contribution is -2.33. The minimum absolute atomic E-state index is 0. The molecule has 2 aliphatic rings. The molecular weight excluding hydrogens is 520 g/mol. The summed E-state index contributed by atoms with van der Waals surface area (Å²) in [7, 11) is 1.69. The van der Waals surface area contributed by atoms with Crippen LogP contribution in [0.2, 0.25) is 5.02 Å². The second kappa shape index (κ2) is 19.7. The van der Waals surface area contributed by atoms with Gasteiger partial charge in [0.15, 0.2) is 11.6 Å². The number of ketones is 2. The number of fused-ring (bicyclic) bond motifs is 1. The van der Waals surface area contributed by atoms with Crippen LogP contribution in [0.1, 0.15) is 115 Å². The lowest BCUT2D eigenvalue weighted by Gasteiger charge is -2.32. The summed E-state index contributed by atoms with van der Waals surface area (Å²) >= 11 is 5.54. The van der Waals surface area contributed by atoms with Crippen LogP contribution in [0, 0.1) is 5.92 Å². The maximum Gasteiger partial charge on any atom is 0.192 e. The van der Waals surface area contributed by atoms with Crippen LogP contribution in [0.15, 0.2) is 65.7 Å². The summed E-state index contributed by atoms with van der Waals surface area (Å²) < 4.78 is 11.5. The second-order valence-corrected chi connectivity index (χ2v) is 10.3. The van der Waals surface area contributed by atoms with Gasteiger partial charge >= 0.3 is 0 Å². The number of methoxy groups -OCH3 is 1. The van der Waals surface area contributed by atoms with Crippen molar-refractivity contribution in [2.24, 2.45) is 5.92 Å². The van der Waals surface area contributed by atoms with Crippen LogP contribution in [0.25, 0.3) is 0 Å². The Morgan fingerprint density at radius 3 is 1.82 bits per heavy atom. The van der Waals surface area contributed by atoms with Gasteiger partial charge in [-0.1, -0.05) is 108 Å². The number of carbonyl (C=O) groups excluding carboxylic acids is 2.